The highest BCUT2D eigenvalue weighted by Gasteiger charge is 2.12. The molecule has 1 rings (SSSR count). The third-order valence-electron chi connectivity index (χ3n) is 2.87. The Bertz CT molecular complexity index is 403. The van der Waals surface area contributed by atoms with Crippen LogP contribution in [0.1, 0.15) is 27.0 Å². The zero-order valence-corrected chi connectivity index (χ0v) is 12.9. The number of nitrogens with zero attached hydrogens (tertiary/aromatic N) is 1. The van der Waals surface area contributed by atoms with Crippen LogP contribution in [0.15, 0.2) is 12.1 Å². The van der Waals surface area contributed by atoms with Crippen molar-refractivity contribution in [1.82, 2.24) is 4.90 Å². The van der Waals surface area contributed by atoms with E-state index in [0.717, 1.165) is 29.0 Å². The SMILES string of the molecule is Cc1cc(C)c(C(=O)CSCCN(C)C)c(C)c1. The second kappa shape index (κ2) is 6.95. The van der Waals surface area contributed by atoms with Gasteiger partial charge in [-0.3, -0.25) is 4.79 Å². The number of rotatable bonds is 6. The molecule has 2 nitrogen and oxygen atoms in total. The average molecular weight is 265 g/mol. The molecule has 0 aliphatic rings. The molecule has 0 unspecified atom stereocenters. The molecule has 0 saturated carbocycles. The number of hydrogen-bond acceptors (Lipinski definition) is 3. The Morgan fingerprint density at radius 1 is 1.17 bits per heavy atom. The largest absolute Gasteiger partial charge is 0.309 e. The van der Waals surface area contributed by atoms with Crippen molar-refractivity contribution in [2.75, 3.05) is 32.1 Å². The zero-order valence-electron chi connectivity index (χ0n) is 12.0. The maximum atomic E-state index is 12.2. The fourth-order valence-electron chi connectivity index (χ4n) is 2.10. The molecular weight excluding hydrogens is 242 g/mol. The van der Waals surface area contributed by atoms with Gasteiger partial charge < -0.3 is 4.90 Å². The second-order valence-corrected chi connectivity index (χ2v) is 6.16. The molecule has 0 N–H and O–H groups in total. The second-order valence-electron chi connectivity index (χ2n) is 5.05. The summed E-state index contributed by atoms with van der Waals surface area (Å²) in [6.45, 7) is 7.14. The Labute approximate surface area is 115 Å². The van der Waals surface area contributed by atoms with E-state index in [2.05, 4.69) is 38.1 Å². The number of hydrogen-bond donors (Lipinski definition) is 0. The Morgan fingerprint density at radius 3 is 2.22 bits per heavy atom. The van der Waals surface area contributed by atoms with Gasteiger partial charge in [0.2, 0.25) is 0 Å². The Balaban J connectivity index is 2.62. The molecule has 1 aromatic rings. The molecule has 0 aliphatic carbocycles. The fourth-order valence-corrected chi connectivity index (χ4v) is 3.07. The summed E-state index contributed by atoms with van der Waals surface area (Å²) >= 11 is 1.71. The van der Waals surface area contributed by atoms with Gasteiger partial charge in [0.05, 0.1) is 5.75 Å². The minimum Gasteiger partial charge on any atom is -0.309 e. The summed E-state index contributed by atoms with van der Waals surface area (Å²) < 4.78 is 0. The maximum Gasteiger partial charge on any atom is 0.173 e. The highest BCUT2D eigenvalue weighted by molar-refractivity contribution is 8.00. The molecule has 0 radical (unpaired) electrons. The van der Waals surface area contributed by atoms with Crippen LogP contribution in [0.2, 0.25) is 0 Å². The van der Waals surface area contributed by atoms with Gasteiger partial charge in [0.15, 0.2) is 5.78 Å². The van der Waals surface area contributed by atoms with E-state index in [1.54, 1.807) is 11.8 Å². The Morgan fingerprint density at radius 2 is 1.72 bits per heavy atom. The van der Waals surface area contributed by atoms with Crippen LogP contribution in [0.5, 0.6) is 0 Å². The van der Waals surface area contributed by atoms with Crippen LogP contribution in [0.25, 0.3) is 0 Å². The van der Waals surface area contributed by atoms with E-state index in [9.17, 15) is 4.79 Å². The van der Waals surface area contributed by atoms with Crippen molar-refractivity contribution in [2.45, 2.75) is 20.8 Å². The van der Waals surface area contributed by atoms with E-state index in [-0.39, 0.29) is 5.78 Å². The van der Waals surface area contributed by atoms with Crippen LogP contribution in [0.4, 0.5) is 0 Å². The van der Waals surface area contributed by atoms with Gasteiger partial charge in [0.1, 0.15) is 0 Å². The Hall–Kier alpha value is -0.800. The summed E-state index contributed by atoms with van der Waals surface area (Å²) in [5, 5.41) is 0. The number of thioether (sulfide) groups is 1. The molecule has 0 amide bonds. The van der Waals surface area contributed by atoms with Crippen molar-refractivity contribution in [2.24, 2.45) is 0 Å². The molecule has 0 atom stereocenters. The van der Waals surface area contributed by atoms with Crippen molar-refractivity contribution < 1.29 is 4.79 Å². The van der Waals surface area contributed by atoms with E-state index in [1.807, 2.05) is 13.8 Å². The maximum absolute atomic E-state index is 12.2. The van der Waals surface area contributed by atoms with Crippen LogP contribution in [-0.4, -0.2) is 42.8 Å². The average Bonchev–Trinajstić information content (AvgIpc) is 2.22. The van der Waals surface area contributed by atoms with Gasteiger partial charge in [-0.25, -0.2) is 0 Å². The van der Waals surface area contributed by atoms with Crippen molar-refractivity contribution in [3.63, 3.8) is 0 Å². The summed E-state index contributed by atoms with van der Waals surface area (Å²) in [5.41, 5.74) is 4.34. The van der Waals surface area contributed by atoms with E-state index in [1.165, 1.54) is 5.56 Å². The zero-order chi connectivity index (χ0) is 13.7. The third kappa shape index (κ3) is 4.46. The first kappa shape index (κ1) is 15.3. The first-order valence-electron chi connectivity index (χ1n) is 6.25. The highest BCUT2D eigenvalue weighted by Crippen LogP contribution is 2.18. The lowest BCUT2D eigenvalue weighted by molar-refractivity contribution is 0.102. The molecule has 0 bridgehead atoms. The van der Waals surface area contributed by atoms with E-state index in [0.29, 0.717) is 5.75 Å². The van der Waals surface area contributed by atoms with Crippen molar-refractivity contribution >= 4 is 17.5 Å². The van der Waals surface area contributed by atoms with E-state index < -0.39 is 0 Å². The monoisotopic (exact) mass is 265 g/mol. The molecule has 0 fully saturated rings. The van der Waals surface area contributed by atoms with Crippen molar-refractivity contribution in [1.29, 1.82) is 0 Å². The molecule has 0 heterocycles. The van der Waals surface area contributed by atoms with Gasteiger partial charge in [-0.15, -0.1) is 0 Å². The molecule has 18 heavy (non-hydrogen) atoms. The lowest BCUT2D eigenvalue weighted by Gasteiger charge is -2.11. The van der Waals surface area contributed by atoms with Gasteiger partial charge in [-0.1, -0.05) is 17.7 Å². The standard InChI is InChI=1S/C15H23NOS/c1-11-8-12(2)15(13(3)9-11)14(17)10-18-7-6-16(4)5/h8-9H,6-7,10H2,1-5H3. The predicted octanol–water partition coefficient (Wildman–Crippen LogP) is 3.09. The number of carbonyl (C=O) groups is 1. The van der Waals surface area contributed by atoms with Crippen molar-refractivity contribution in [3.8, 4) is 0 Å². The van der Waals surface area contributed by atoms with Gasteiger partial charge in [-0.05, 0) is 46.0 Å². The topological polar surface area (TPSA) is 20.3 Å². The van der Waals surface area contributed by atoms with Crippen LogP contribution >= 0.6 is 11.8 Å². The van der Waals surface area contributed by atoms with Gasteiger partial charge >= 0.3 is 0 Å². The molecular formula is C15H23NOS. The quantitative estimate of drug-likeness (QED) is 0.582. The van der Waals surface area contributed by atoms with Crippen LogP contribution in [0.3, 0.4) is 0 Å². The van der Waals surface area contributed by atoms with E-state index >= 15 is 0 Å². The van der Waals surface area contributed by atoms with Gasteiger partial charge in [0, 0.05) is 17.9 Å². The first-order valence-corrected chi connectivity index (χ1v) is 7.41. The summed E-state index contributed by atoms with van der Waals surface area (Å²) in [7, 11) is 4.10. The smallest absolute Gasteiger partial charge is 0.173 e. The van der Waals surface area contributed by atoms with Crippen molar-refractivity contribution in [3.05, 3.63) is 34.4 Å². The summed E-state index contributed by atoms with van der Waals surface area (Å²) in [6, 6.07) is 4.18. The lowest BCUT2D eigenvalue weighted by Crippen LogP contribution is -2.16. The van der Waals surface area contributed by atoms with Gasteiger partial charge in [0.25, 0.3) is 0 Å². The predicted molar refractivity (Wildman–Crippen MR) is 80.9 cm³/mol. The minimum absolute atomic E-state index is 0.258. The highest BCUT2D eigenvalue weighted by atomic mass is 32.2. The number of benzene rings is 1. The molecule has 1 aromatic carbocycles. The lowest BCUT2D eigenvalue weighted by atomic mass is 9.97. The van der Waals surface area contributed by atoms with Gasteiger partial charge in [-0.2, -0.15) is 11.8 Å². The van der Waals surface area contributed by atoms with Crippen LogP contribution in [0, 0.1) is 20.8 Å². The van der Waals surface area contributed by atoms with E-state index in [4.69, 9.17) is 0 Å². The molecule has 0 aliphatic heterocycles. The fraction of sp³-hybridized carbons (Fsp3) is 0.533. The molecule has 0 spiro atoms. The summed E-state index contributed by atoms with van der Waals surface area (Å²) in [4.78, 5) is 14.3. The molecule has 0 aromatic heterocycles. The third-order valence-corrected chi connectivity index (χ3v) is 3.81. The molecule has 100 valence electrons. The molecule has 0 saturated heterocycles. The summed E-state index contributed by atoms with van der Waals surface area (Å²) in [6.07, 6.45) is 0. The Kier molecular flexibility index (Phi) is 5.89. The van der Waals surface area contributed by atoms with Crippen LogP contribution in [-0.2, 0) is 0 Å². The normalized spacial score (nSPS) is 11.0. The number of carbonyl (C=O) groups excluding carboxylic acids is 1. The summed E-state index contributed by atoms with van der Waals surface area (Å²) in [5.74, 6) is 1.84. The van der Waals surface area contributed by atoms with Crippen LogP contribution < -0.4 is 0 Å². The first-order chi connectivity index (χ1) is 8.41. The molecule has 3 heteroatoms. The number of aryl methyl sites for hydroxylation is 3. The minimum atomic E-state index is 0.258. The number of ketones is 1. The number of Topliss-reactive ketones (excluding diaryl/α,β-unsaturated/α-hetero) is 1.